The standard InChI is InChI=1S/C19H23NO6/c1-11(2)17(21)26-16-12(3)25-19(23)15(20)10-24-18(22)14(16)9-13-7-5-4-6-8-13/h4-8,12,14-16H,1,9-10,20H2,2-3H3/t12-,14+,15-,16-/m0/s1. The fourth-order valence-electron chi connectivity index (χ4n) is 2.62. The maximum atomic E-state index is 12.6. The molecule has 0 bridgehead atoms. The molecule has 2 N–H and O–H groups in total. The third kappa shape index (κ3) is 4.92. The number of hydrogen-bond donors (Lipinski definition) is 1. The predicted molar refractivity (Wildman–Crippen MR) is 92.8 cm³/mol. The molecule has 1 aromatic rings. The highest BCUT2D eigenvalue weighted by Gasteiger charge is 2.41. The summed E-state index contributed by atoms with van der Waals surface area (Å²) in [5.74, 6) is -2.85. The summed E-state index contributed by atoms with van der Waals surface area (Å²) in [6, 6.07) is 8.13. The van der Waals surface area contributed by atoms with Crippen LogP contribution in [-0.2, 0) is 35.0 Å². The van der Waals surface area contributed by atoms with Crippen molar-refractivity contribution in [1.82, 2.24) is 0 Å². The van der Waals surface area contributed by atoms with E-state index in [0.29, 0.717) is 0 Å². The lowest BCUT2D eigenvalue weighted by Gasteiger charge is -2.29. The van der Waals surface area contributed by atoms with E-state index >= 15 is 0 Å². The van der Waals surface area contributed by atoms with Gasteiger partial charge in [0.15, 0.2) is 6.10 Å². The van der Waals surface area contributed by atoms with Crippen molar-refractivity contribution in [3.63, 3.8) is 0 Å². The summed E-state index contributed by atoms with van der Waals surface area (Å²) in [5.41, 5.74) is 6.69. The second-order valence-electron chi connectivity index (χ2n) is 6.33. The van der Waals surface area contributed by atoms with Crippen LogP contribution in [0.2, 0.25) is 0 Å². The Labute approximate surface area is 152 Å². The van der Waals surface area contributed by atoms with Crippen molar-refractivity contribution in [3.8, 4) is 0 Å². The molecule has 0 unspecified atom stereocenters. The van der Waals surface area contributed by atoms with Gasteiger partial charge in [0, 0.05) is 5.57 Å². The van der Waals surface area contributed by atoms with Gasteiger partial charge in [0.1, 0.15) is 24.7 Å². The summed E-state index contributed by atoms with van der Waals surface area (Å²) in [6.07, 6.45) is -1.65. The average Bonchev–Trinajstić information content (AvgIpc) is 2.64. The quantitative estimate of drug-likeness (QED) is 0.487. The Kier molecular flexibility index (Phi) is 6.52. The zero-order chi connectivity index (χ0) is 19.3. The largest absolute Gasteiger partial charge is 0.463 e. The normalized spacial score (nSPS) is 26.6. The highest BCUT2D eigenvalue weighted by atomic mass is 16.6. The van der Waals surface area contributed by atoms with Gasteiger partial charge in [-0.1, -0.05) is 36.9 Å². The molecular formula is C19H23NO6. The van der Waals surface area contributed by atoms with Crippen molar-refractivity contribution in [2.24, 2.45) is 11.7 Å². The number of rotatable bonds is 4. The Balaban J connectivity index is 2.36. The zero-order valence-electron chi connectivity index (χ0n) is 14.8. The van der Waals surface area contributed by atoms with Crippen molar-refractivity contribution >= 4 is 17.9 Å². The van der Waals surface area contributed by atoms with Crippen molar-refractivity contribution in [1.29, 1.82) is 0 Å². The second-order valence-corrected chi connectivity index (χ2v) is 6.33. The van der Waals surface area contributed by atoms with Crippen LogP contribution in [0, 0.1) is 5.92 Å². The lowest BCUT2D eigenvalue weighted by Crippen LogP contribution is -2.43. The van der Waals surface area contributed by atoms with Crippen LogP contribution < -0.4 is 5.73 Å². The molecule has 0 aliphatic carbocycles. The molecule has 1 fully saturated rings. The van der Waals surface area contributed by atoms with Crippen molar-refractivity contribution in [2.75, 3.05) is 6.61 Å². The van der Waals surface area contributed by atoms with E-state index in [-0.39, 0.29) is 18.6 Å². The molecule has 0 saturated carbocycles. The number of ether oxygens (including phenoxy) is 3. The minimum Gasteiger partial charge on any atom is -0.463 e. The topological polar surface area (TPSA) is 105 Å². The summed E-state index contributed by atoms with van der Waals surface area (Å²) in [4.78, 5) is 36.6. The van der Waals surface area contributed by atoms with E-state index in [1.807, 2.05) is 30.3 Å². The average molecular weight is 361 g/mol. The maximum Gasteiger partial charge on any atom is 0.333 e. The monoisotopic (exact) mass is 361 g/mol. The Bertz CT molecular complexity index is 687. The number of esters is 3. The number of hydrogen-bond acceptors (Lipinski definition) is 7. The zero-order valence-corrected chi connectivity index (χ0v) is 14.8. The summed E-state index contributed by atoms with van der Waals surface area (Å²) in [7, 11) is 0. The van der Waals surface area contributed by atoms with E-state index in [2.05, 4.69) is 6.58 Å². The first-order valence-corrected chi connectivity index (χ1v) is 8.32. The first-order chi connectivity index (χ1) is 12.3. The van der Waals surface area contributed by atoms with Crippen LogP contribution in [0.25, 0.3) is 0 Å². The molecule has 0 aromatic heterocycles. The molecule has 1 saturated heterocycles. The van der Waals surface area contributed by atoms with E-state index < -0.39 is 42.1 Å². The molecule has 1 aromatic carbocycles. The number of benzene rings is 1. The molecule has 2 rings (SSSR count). The van der Waals surface area contributed by atoms with Gasteiger partial charge in [0.25, 0.3) is 0 Å². The van der Waals surface area contributed by atoms with Gasteiger partial charge in [-0.2, -0.15) is 0 Å². The number of carbonyl (C=O) groups excluding carboxylic acids is 3. The maximum absolute atomic E-state index is 12.6. The highest BCUT2D eigenvalue weighted by Crippen LogP contribution is 2.24. The third-order valence-corrected chi connectivity index (χ3v) is 4.06. The Morgan fingerprint density at radius 2 is 1.92 bits per heavy atom. The van der Waals surface area contributed by atoms with E-state index in [9.17, 15) is 14.4 Å². The van der Waals surface area contributed by atoms with Crippen LogP contribution in [-0.4, -0.2) is 42.8 Å². The summed E-state index contributed by atoms with van der Waals surface area (Å²) in [6.45, 7) is 6.30. The third-order valence-electron chi connectivity index (χ3n) is 4.06. The van der Waals surface area contributed by atoms with Crippen LogP contribution in [0.5, 0.6) is 0 Å². The van der Waals surface area contributed by atoms with Crippen LogP contribution in [0.3, 0.4) is 0 Å². The van der Waals surface area contributed by atoms with Gasteiger partial charge < -0.3 is 19.9 Å². The predicted octanol–water partition coefficient (Wildman–Crippen LogP) is 1.15. The van der Waals surface area contributed by atoms with Crippen molar-refractivity contribution in [3.05, 3.63) is 48.0 Å². The lowest BCUT2D eigenvalue weighted by molar-refractivity contribution is -0.171. The Hall–Kier alpha value is -2.67. The molecule has 0 amide bonds. The van der Waals surface area contributed by atoms with Crippen LogP contribution in [0.15, 0.2) is 42.5 Å². The molecule has 140 valence electrons. The van der Waals surface area contributed by atoms with Gasteiger partial charge in [-0.25, -0.2) is 4.79 Å². The molecule has 4 atom stereocenters. The van der Waals surface area contributed by atoms with E-state index in [0.717, 1.165) is 5.56 Å². The van der Waals surface area contributed by atoms with E-state index in [4.69, 9.17) is 19.9 Å². The molecule has 0 spiro atoms. The summed E-state index contributed by atoms with van der Waals surface area (Å²) >= 11 is 0. The van der Waals surface area contributed by atoms with Crippen LogP contribution in [0.4, 0.5) is 0 Å². The summed E-state index contributed by atoms with van der Waals surface area (Å²) < 4.78 is 15.9. The van der Waals surface area contributed by atoms with Gasteiger partial charge in [0.2, 0.25) is 0 Å². The molecular weight excluding hydrogens is 338 g/mol. The molecule has 0 radical (unpaired) electrons. The van der Waals surface area contributed by atoms with Crippen LogP contribution in [0.1, 0.15) is 19.4 Å². The fourth-order valence-corrected chi connectivity index (χ4v) is 2.62. The molecule has 1 heterocycles. The first kappa shape index (κ1) is 19.7. The SMILES string of the molecule is C=C(C)C(=O)O[C@H]1[C@H](C)OC(=O)[C@@H](N)COC(=O)[C@@H]1Cc1ccccc1. The van der Waals surface area contributed by atoms with Gasteiger partial charge >= 0.3 is 17.9 Å². The Morgan fingerprint density at radius 1 is 1.27 bits per heavy atom. The Morgan fingerprint density at radius 3 is 2.54 bits per heavy atom. The second kappa shape index (κ2) is 8.62. The van der Waals surface area contributed by atoms with Crippen molar-refractivity contribution < 1.29 is 28.6 Å². The fraction of sp³-hybridized carbons (Fsp3) is 0.421. The van der Waals surface area contributed by atoms with Gasteiger partial charge in [-0.3, -0.25) is 9.59 Å². The van der Waals surface area contributed by atoms with E-state index in [1.165, 1.54) is 6.92 Å². The molecule has 1 aliphatic heterocycles. The molecule has 7 heteroatoms. The number of cyclic esters (lactones) is 2. The van der Waals surface area contributed by atoms with Gasteiger partial charge in [0.05, 0.1) is 0 Å². The number of carbonyl (C=O) groups is 3. The van der Waals surface area contributed by atoms with Gasteiger partial charge in [-0.15, -0.1) is 0 Å². The lowest BCUT2D eigenvalue weighted by atomic mass is 9.91. The smallest absolute Gasteiger partial charge is 0.333 e. The number of nitrogens with two attached hydrogens (primary N) is 1. The molecule has 7 nitrogen and oxygen atoms in total. The highest BCUT2D eigenvalue weighted by molar-refractivity contribution is 5.87. The van der Waals surface area contributed by atoms with Crippen LogP contribution >= 0.6 is 0 Å². The minimum absolute atomic E-state index is 0.173. The van der Waals surface area contributed by atoms with Gasteiger partial charge in [-0.05, 0) is 25.8 Å². The minimum atomic E-state index is -1.09. The van der Waals surface area contributed by atoms with E-state index in [1.54, 1.807) is 6.92 Å². The summed E-state index contributed by atoms with van der Waals surface area (Å²) in [5, 5.41) is 0. The van der Waals surface area contributed by atoms with Crippen molar-refractivity contribution in [2.45, 2.75) is 38.5 Å². The first-order valence-electron chi connectivity index (χ1n) is 8.32. The molecule has 1 aliphatic rings. The molecule has 26 heavy (non-hydrogen) atoms.